The molecule has 0 aliphatic carbocycles. The number of hydrogen-bond donors (Lipinski definition) is 1. The van der Waals surface area contributed by atoms with Gasteiger partial charge in [-0.3, -0.25) is 14.9 Å². The van der Waals surface area contributed by atoms with Crippen LogP contribution in [-0.4, -0.2) is 17.3 Å². The first-order chi connectivity index (χ1) is 5.75. The Morgan fingerprint density at radius 3 is 3.00 bits per heavy atom. The molecule has 0 unspecified atom stereocenters. The van der Waals surface area contributed by atoms with E-state index in [1.54, 1.807) is 6.07 Å². The van der Waals surface area contributed by atoms with Crippen molar-refractivity contribution in [2.24, 2.45) is 0 Å². The molecular formula is C7H5ClN2O2. The molecule has 4 nitrogen and oxygen atoms in total. The van der Waals surface area contributed by atoms with E-state index in [4.69, 9.17) is 11.6 Å². The summed E-state index contributed by atoms with van der Waals surface area (Å²) in [5.41, 5.74) is 0.186. The normalized spacial score (nSPS) is 9.08. The van der Waals surface area contributed by atoms with Gasteiger partial charge in [0.05, 0.1) is 5.56 Å². The Kier molecular flexibility index (Phi) is 2.76. The number of carbonyl (C=O) groups excluding carboxylic acids is 2. The van der Waals surface area contributed by atoms with Crippen LogP contribution in [0.2, 0.25) is 5.15 Å². The molecule has 12 heavy (non-hydrogen) atoms. The molecule has 0 spiro atoms. The second kappa shape index (κ2) is 3.82. The molecule has 1 heterocycles. The van der Waals surface area contributed by atoms with Crippen molar-refractivity contribution < 1.29 is 9.59 Å². The van der Waals surface area contributed by atoms with Crippen LogP contribution in [0, 0.1) is 0 Å². The van der Waals surface area contributed by atoms with Crippen LogP contribution >= 0.6 is 11.6 Å². The average molecular weight is 185 g/mol. The first-order valence-electron chi connectivity index (χ1n) is 3.10. The third kappa shape index (κ3) is 1.79. The largest absolute Gasteiger partial charge is 0.295 e. The molecule has 0 aromatic carbocycles. The Bertz CT molecular complexity index is 314. The maximum atomic E-state index is 11.0. The molecule has 0 radical (unpaired) electrons. The molecule has 62 valence electrons. The zero-order valence-electron chi connectivity index (χ0n) is 5.95. The Morgan fingerprint density at radius 2 is 2.42 bits per heavy atom. The van der Waals surface area contributed by atoms with E-state index in [0.29, 0.717) is 6.41 Å². The molecule has 0 saturated carbocycles. The summed E-state index contributed by atoms with van der Waals surface area (Å²) in [6.07, 6.45) is 1.76. The van der Waals surface area contributed by atoms with Crippen LogP contribution in [0.4, 0.5) is 0 Å². The zero-order valence-corrected chi connectivity index (χ0v) is 6.71. The lowest BCUT2D eigenvalue weighted by Gasteiger charge is -1.98. The topological polar surface area (TPSA) is 59.1 Å². The van der Waals surface area contributed by atoms with Gasteiger partial charge in [-0.15, -0.1) is 0 Å². The van der Waals surface area contributed by atoms with Crippen molar-refractivity contribution in [3.05, 3.63) is 29.0 Å². The van der Waals surface area contributed by atoms with Crippen LogP contribution in [0.3, 0.4) is 0 Å². The summed E-state index contributed by atoms with van der Waals surface area (Å²) in [6.45, 7) is 0. The highest BCUT2D eigenvalue weighted by Crippen LogP contribution is 2.10. The van der Waals surface area contributed by atoms with E-state index >= 15 is 0 Å². The van der Waals surface area contributed by atoms with E-state index < -0.39 is 5.91 Å². The summed E-state index contributed by atoms with van der Waals surface area (Å²) >= 11 is 5.57. The number of halogens is 1. The fourth-order valence-electron chi connectivity index (χ4n) is 0.687. The number of aromatic nitrogens is 1. The molecule has 1 aromatic rings. The molecular weight excluding hydrogens is 180 g/mol. The van der Waals surface area contributed by atoms with Crippen molar-refractivity contribution >= 4 is 23.9 Å². The van der Waals surface area contributed by atoms with Crippen molar-refractivity contribution in [1.29, 1.82) is 0 Å². The molecule has 5 heteroatoms. The predicted octanol–water partition coefficient (Wildman–Crippen LogP) is 0.621. The summed E-state index contributed by atoms with van der Waals surface area (Å²) < 4.78 is 0. The lowest BCUT2D eigenvalue weighted by Crippen LogP contribution is -2.21. The van der Waals surface area contributed by atoms with Gasteiger partial charge in [-0.25, -0.2) is 4.98 Å². The van der Waals surface area contributed by atoms with Gasteiger partial charge >= 0.3 is 0 Å². The summed E-state index contributed by atoms with van der Waals surface area (Å²) in [4.78, 5) is 24.6. The number of pyridine rings is 1. The van der Waals surface area contributed by atoms with Gasteiger partial charge in [0.15, 0.2) is 0 Å². The number of hydrogen-bond acceptors (Lipinski definition) is 3. The lowest BCUT2D eigenvalue weighted by molar-refractivity contribution is -0.108. The van der Waals surface area contributed by atoms with Crippen molar-refractivity contribution in [2.75, 3.05) is 0 Å². The summed E-state index contributed by atoms with van der Waals surface area (Å²) in [5, 5.41) is 2.04. The predicted molar refractivity (Wildman–Crippen MR) is 42.8 cm³/mol. The van der Waals surface area contributed by atoms with Crippen molar-refractivity contribution in [2.45, 2.75) is 0 Å². The molecule has 0 aliphatic rings. The van der Waals surface area contributed by atoms with Crippen molar-refractivity contribution in [3.8, 4) is 0 Å². The van der Waals surface area contributed by atoms with Gasteiger partial charge in [0.2, 0.25) is 6.41 Å². The summed E-state index contributed by atoms with van der Waals surface area (Å²) in [6, 6.07) is 3.04. The summed E-state index contributed by atoms with van der Waals surface area (Å²) in [5.74, 6) is -0.553. The maximum Gasteiger partial charge on any atom is 0.260 e. The van der Waals surface area contributed by atoms with Gasteiger partial charge < -0.3 is 0 Å². The molecule has 0 saturated heterocycles. The average Bonchev–Trinajstić information content (AvgIpc) is 2.05. The van der Waals surface area contributed by atoms with E-state index in [1.165, 1.54) is 12.3 Å². The Hall–Kier alpha value is -1.42. The fourth-order valence-corrected chi connectivity index (χ4v) is 0.892. The number of carbonyl (C=O) groups is 2. The second-order valence-electron chi connectivity index (χ2n) is 1.93. The monoisotopic (exact) mass is 184 g/mol. The highest BCUT2D eigenvalue weighted by atomic mass is 35.5. The van der Waals surface area contributed by atoms with Gasteiger partial charge in [-0.05, 0) is 12.1 Å². The van der Waals surface area contributed by atoms with E-state index in [-0.39, 0.29) is 10.7 Å². The minimum Gasteiger partial charge on any atom is -0.295 e. The SMILES string of the molecule is O=CNC(=O)c1cccnc1Cl. The van der Waals surface area contributed by atoms with Gasteiger partial charge in [0.25, 0.3) is 5.91 Å². The smallest absolute Gasteiger partial charge is 0.260 e. The number of nitrogens with one attached hydrogen (secondary N) is 1. The number of imide groups is 1. The molecule has 1 N–H and O–H groups in total. The fraction of sp³-hybridized carbons (Fsp3) is 0. The molecule has 1 aromatic heterocycles. The van der Waals surface area contributed by atoms with E-state index in [0.717, 1.165) is 0 Å². The quantitative estimate of drug-likeness (QED) is 0.542. The van der Waals surface area contributed by atoms with Gasteiger partial charge in [0.1, 0.15) is 5.15 Å². The molecule has 2 amide bonds. The van der Waals surface area contributed by atoms with Gasteiger partial charge in [0, 0.05) is 6.20 Å². The maximum absolute atomic E-state index is 11.0. The third-order valence-electron chi connectivity index (χ3n) is 1.19. The molecule has 0 atom stereocenters. The molecule has 0 bridgehead atoms. The van der Waals surface area contributed by atoms with Crippen molar-refractivity contribution in [1.82, 2.24) is 10.3 Å². The number of nitrogens with zero attached hydrogens (tertiary/aromatic N) is 1. The minimum absolute atomic E-state index is 0.0804. The number of amides is 2. The Morgan fingerprint density at radius 1 is 1.67 bits per heavy atom. The van der Waals surface area contributed by atoms with Gasteiger partial charge in [-0.1, -0.05) is 11.6 Å². The van der Waals surface area contributed by atoms with E-state index in [2.05, 4.69) is 4.98 Å². The standard InChI is InChI=1S/C7H5ClN2O2/c8-6-5(2-1-3-9-6)7(12)10-4-11/h1-4H,(H,10,11,12). The van der Waals surface area contributed by atoms with E-state index in [1.807, 2.05) is 5.32 Å². The lowest BCUT2D eigenvalue weighted by atomic mass is 10.3. The highest BCUT2D eigenvalue weighted by molar-refractivity contribution is 6.32. The van der Waals surface area contributed by atoms with Crippen LogP contribution in [0.15, 0.2) is 18.3 Å². The highest BCUT2D eigenvalue weighted by Gasteiger charge is 2.08. The molecule has 0 fully saturated rings. The van der Waals surface area contributed by atoms with Crippen LogP contribution in [0.5, 0.6) is 0 Å². The Labute approximate surface area is 73.6 Å². The summed E-state index contributed by atoms with van der Waals surface area (Å²) in [7, 11) is 0. The molecule has 1 rings (SSSR count). The third-order valence-corrected chi connectivity index (χ3v) is 1.49. The van der Waals surface area contributed by atoms with Crippen LogP contribution in [-0.2, 0) is 4.79 Å². The first kappa shape index (κ1) is 8.67. The van der Waals surface area contributed by atoms with Crippen molar-refractivity contribution in [3.63, 3.8) is 0 Å². The zero-order chi connectivity index (χ0) is 8.97. The number of rotatable bonds is 2. The van der Waals surface area contributed by atoms with Crippen LogP contribution in [0.25, 0.3) is 0 Å². The first-order valence-corrected chi connectivity index (χ1v) is 3.48. The van der Waals surface area contributed by atoms with Gasteiger partial charge in [-0.2, -0.15) is 0 Å². The van der Waals surface area contributed by atoms with E-state index in [9.17, 15) is 9.59 Å². The van der Waals surface area contributed by atoms with Crippen LogP contribution < -0.4 is 5.32 Å². The Balaban J connectivity index is 2.94. The minimum atomic E-state index is -0.553. The van der Waals surface area contributed by atoms with Crippen LogP contribution in [0.1, 0.15) is 10.4 Å². The second-order valence-corrected chi connectivity index (χ2v) is 2.29. The molecule has 0 aliphatic heterocycles.